The second kappa shape index (κ2) is 10.7. The zero-order valence-electron chi connectivity index (χ0n) is 21.2. The van der Waals surface area contributed by atoms with Gasteiger partial charge in [-0.05, 0) is 42.7 Å². The van der Waals surface area contributed by atoms with Crippen LogP contribution in [0.1, 0.15) is 41.6 Å². The highest BCUT2D eigenvalue weighted by atomic mass is 35.5. The number of hydrogen-bond acceptors (Lipinski definition) is 5. The molecule has 3 aliphatic rings. The minimum Gasteiger partial charge on any atom is -0.481 e. The summed E-state index contributed by atoms with van der Waals surface area (Å²) in [5.74, 6) is 0.153. The highest BCUT2D eigenvalue weighted by molar-refractivity contribution is 6.29. The summed E-state index contributed by atoms with van der Waals surface area (Å²) in [6, 6.07) is 13.3. The molecule has 1 aromatic heterocycles. The Hall–Kier alpha value is -3.13. The van der Waals surface area contributed by atoms with Crippen LogP contribution in [0.25, 0.3) is 0 Å². The Morgan fingerprint density at radius 2 is 1.78 bits per heavy atom. The van der Waals surface area contributed by atoms with E-state index in [-0.39, 0.29) is 34.2 Å². The Balaban J connectivity index is 1.13. The molecule has 3 fully saturated rings. The average Bonchev–Trinajstić information content (AvgIpc) is 3.50. The SMILES string of the molecule is COc1cc(C(=O)N2CCC3(CC2)CCN(C(=O)C2CC(=O)N(CCc4ccccc4)C2)C3)cc(Cl)n1. The van der Waals surface area contributed by atoms with Gasteiger partial charge in [0.2, 0.25) is 17.7 Å². The number of aromatic nitrogens is 1. The number of ether oxygens (including phenoxy) is 1. The van der Waals surface area contributed by atoms with E-state index in [0.29, 0.717) is 50.6 Å². The molecular formula is C28H33ClN4O4. The van der Waals surface area contributed by atoms with Gasteiger partial charge in [0.25, 0.3) is 5.91 Å². The molecule has 3 amide bonds. The van der Waals surface area contributed by atoms with Gasteiger partial charge in [0.05, 0.1) is 13.0 Å². The van der Waals surface area contributed by atoms with E-state index in [2.05, 4.69) is 17.1 Å². The second-order valence-electron chi connectivity index (χ2n) is 10.5. The maximum absolute atomic E-state index is 13.3. The summed E-state index contributed by atoms with van der Waals surface area (Å²) < 4.78 is 5.14. The molecule has 37 heavy (non-hydrogen) atoms. The van der Waals surface area contributed by atoms with Crippen LogP contribution < -0.4 is 4.74 Å². The molecular weight excluding hydrogens is 492 g/mol. The van der Waals surface area contributed by atoms with Crippen LogP contribution in [-0.2, 0) is 16.0 Å². The first-order valence-corrected chi connectivity index (χ1v) is 13.3. The Labute approximate surface area is 222 Å². The molecule has 1 spiro atoms. The van der Waals surface area contributed by atoms with Gasteiger partial charge in [-0.25, -0.2) is 4.98 Å². The van der Waals surface area contributed by atoms with Crippen molar-refractivity contribution in [3.63, 3.8) is 0 Å². The zero-order valence-corrected chi connectivity index (χ0v) is 22.0. The lowest BCUT2D eigenvalue weighted by molar-refractivity contribution is -0.135. The van der Waals surface area contributed by atoms with Crippen LogP contribution >= 0.6 is 11.6 Å². The molecule has 3 aliphatic heterocycles. The van der Waals surface area contributed by atoms with Crippen molar-refractivity contribution in [2.45, 2.75) is 32.1 Å². The van der Waals surface area contributed by atoms with E-state index < -0.39 is 0 Å². The Bertz CT molecular complexity index is 1170. The predicted octanol–water partition coefficient (Wildman–Crippen LogP) is 3.29. The number of piperidine rings is 1. The topological polar surface area (TPSA) is 83.0 Å². The summed E-state index contributed by atoms with van der Waals surface area (Å²) in [6.45, 7) is 3.86. The van der Waals surface area contributed by atoms with Crippen molar-refractivity contribution < 1.29 is 19.1 Å². The molecule has 0 N–H and O–H groups in total. The van der Waals surface area contributed by atoms with Crippen LogP contribution in [-0.4, -0.2) is 83.8 Å². The van der Waals surface area contributed by atoms with Gasteiger partial charge in [-0.2, -0.15) is 0 Å². The lowest BCUT2D eigenvalue weighted by Crippen LogP contribution is -2.45. The molecule has 2 aromatic rings. The van der Waals surface area contributed by atoms with Crippen LogP contribution in [0, 0.1) is 11.3 Å². The van der Waals surface area contributed by atoms with Crippen LogP contribution in [0.4, 0.5) is 0 Å². The predicted molar refractivity (Wildman–Crippen MR) is 139 cm³/mol. The molecule has 196 valence electrons. The molecule has 0 radical (unpaired) electrons. The number of methoxy groups -OCH3 is 1. The molecule has 4 heterocycles. The number of halogens is 1. The monoisotopic (exact) mass is 524 g/mol. The molecule has 8 nitrogen and oxygen atoms in total. The number of benzene rings is 1. The highest BCUT2D eigenvalue weighted by Gasteiger charge is 2.45. The van der Waals surface area contributed by atoms with Crippen LogP contribution in [0.3, 0.4) is 0 Å². The number of hydrogen-bond donors (Lipinski definition) is 0. The number of nitrogens with zero attached hydrogens (tertiary/aromatic N) is 4. The molecule has 1 unspecified atom stereocenters. The summed E-state index contributed by atoms with van der Waals surface area (Å²) in [5.41, 5.74) is 1.71. The Kier molecular flexibility index (Phi) is 7.38. The Morgan fingerprint density at radius 3 is 2.49 bits per heavy atom. The fraction of sp³-hybridized carbons (Fsp3) is 0.500. The number of likely N-dealkylation sites (tertiary alicyclic amines) is 3. The number of rotatable bonds is 6. The highest BCUT2D eigenvalue weighted by Crippen LogP contribution is 2.41. The fourth-order valence-electron chi connectivity index (χ4n) is 5.92. The van der Waals surface area contributed by atoms with E-state index in [0.717, 1.165) is 32.2 Å². The van der Waals surface area contributed by atoms with E-state index in [1.54, 1.807) is 12.1 Å². The van der Waals surface area contributed by atoms with Crippen LogP contribution in [0.15, 0.2) is 42.5 Å². The van der Waals surface area contributed by atoms with Gasteiger partial charge in [0, 0.05) is 57.3 Å². The maximum atomic E-state index is 13.3. The summed E-state index contributed by atoms with van der Waals surface area (Å²) in [6.07, 6.45) is 3.75. The first-order valence-electron chi connectivity index (χ1n) is 13.0. The van der Waals surface area contributed by atoms with E-state index in [4.69, 9.17) is 16.3 Å². The average molecular weight is 525 g/mol. The molecule has 9 heteroatoms. The van der Waals surface area contributed by atoms with E-state index in [1.165, 1.54) is 12.7 Å². The molecule has 5 rings (SSSR count). The van der Waals surface area contributed by atoms with Crippen molar-refractivity contribution in [2.75, 3.05) is 46.4 Å². The number of pyridine rings is 1. The summed E-state index contributed by atoms with van der Waals surface area (Å²) in [5, 5.41) is 0.227. The van der Waals surface area contributed by atoms with Crippen molar-refractivity contribution in [3.8, 4) is 5.88 Å². The standard InChI is InChI=1S/C28H33ClN4O4/c1-37-24-16-21(15-23(29)30-24)26(35)31-12-8-28(9-13-31)10-14-33(19-28)27(36)22-17-25(34)32(18-22)11-7-20-5-3-2-4-6-20/h2-6,15-16,22H,7-14,17-19H2,1H3. The molecule has 0 bridgehead atoms. The normalized spacial score (nSPS) is 21.1. The molecule has 1 atom stereocenters. The van der Waals surface area contributed by atoms with Crippen molar-refractivity contribution >= 4 is 29.3 Å². The Morgan fingerprint density at radius 1 is 1.08 bits per heavy atom. The first kappa shape index (κ1) is 25.5. The van der Waals surface area contributed by atoms with Gasteiger partial charge >= 0.3 is 0 Å². The van der Waals surface area contributed by atoms with Crippen molar-refractivity contribution in [2.24, 2.45) is 11.3 Å². The molecule has 0 saturated carbocycles. The first-order chi connectivity index (χ1) is 17.9. The second-order valence-corrected chi connectivity index (χ2v) is 10.9. The number of carbonyl (C=O) groups excluding carboxylic acids is 3. The van der Waals surface area contributed by atoms with Gasteiger partial charge in [0.15, 0.2) is 0 Å². The van der Waals surface area contributed by atoms with Crippen molar-refractivity contribution in [1.82, 2.24) is 19.7 Å². The number of amides is 3. The smallest absolute Gasteiger partial charge is 0.254 e. The zero-order chi connectivity index (χ0) is 26.0. The summed E-state index contributed by atoms with van der Waals surface area (Å²) in [7, 11) is 1.49. The molecule has 1 aromatic carbocycles. The summed E-state index contributed by atoms with van der Waals surface area (Å²) in [4.78, 5) is 48.7. The van der Waals surface area contributed by atoms with Crippen molar-refractivity contribution in [1.29, 1.82) is 0 Å². The third kappa shape index (κ3) is 5.59. The van der Waals surface area contributed by atoms with Gasteiger partial charge in [-0.15, -0.1) is 0 Å². The fourth-order valence-corrected chi connectivity index (χ4v) is 6.12. The quantitative estimate of drug-likeness (QED) is 0.541. The van der Waals surface area contributed by atoms with Crippen LogP contribution in [0.2, 0.25) is 5.15 Å². The maximum Gasteiger partial charge on any atom is 0.254 e. The minimum atomic E-state index is -0.258. The van der Waals surface area contributed by atoms with Crippen molar-refractivity contribution in [3.05, 3.63) is 58.7 Å². The van der Waals surface area contributed by atoms with E-state index in [9.17, 15) is 14.4 Å². The van der Waals surface area contributed by atoms with Gasteiger partial charge < -0.3 is 19.4 Å². The third-order valence-corrected chi connectivity index (χ3v) is 8.36. The lowest BCUT2D eigenvalue weighted by Gasteiger charge is -2.39. The van der Waals surface area contributed by atoms with Gasteiger partial charge in [-0.3, -0.25) is 14.4 Å². The van der Waals surface area contributed by atoms with Crippen LogP contribution in [0.5, 0.6) is 5.88 Å². The van der Waals surface area contributed by atoms with Gasteiger partial charge in [0.1, 0.15) is 5.15 Å². The largest absolute Gasteiger partial charge is 0.481 e. The molecule has 0 aliphatic carbocycles. The number of carbonyl (C=O) groups is 3. The summed E-state index contributed by atoms with van der Waals surface area (Å²) >= 11 is 6.05. The van der Waals surface area contributed by atoms with E-state index in [1.807, 2.05) is 32.9 Å². The lowest BCUT2D eigenvalue weighted by atomic mass is 9.77. The molecule has 3 saturated heterocycles. The minimum absolute atomic E-state index is 0.0373. The van der Waals surface area contributed by atoms with E-state index >= 15 is 0 Å². The van der Waals surface area contributed by atoms with Gasteiger partial charge in [-0.1, -0.05) is 41.9 Å². The third-order valence-electron chi connectivity index (χ3n) is 8.16.